The van der Waals surface area contributed by atoms with E-state index < -0.39 is 0 Å². The van der Waals surface area contributed by atoms with E-state index in [0.717, 1.165) is 39.1 Å². The molecule has 2 aliphatic heterocycles. The second-order valence-electron chi connectivity index (χ2n) is 4.72. The van der Waals surface area contributed by atoms with Gasteiger partial charge in [-0.15, -0.1) is 11.3 Å². The second-order valence-corrected chi connectivity index (χ2v) is 5.75. The highest BCUT2D eigenvalue weighted by atomic mass is 32.1. The first-order valence-electron chi connectivity index (χ1n) is 5.98. The topological polar surface area (TPSA) is 50.9 Å². The van der Waals surface area contributed by atoms with Crippen molar-refractivity contribution in [2.45, 2.75) is 24.9 Å². The zero-order chi connectivity index (χ0) is 11.7. The highest BCUT2D eigenvalue weighted by molar-refractivity contribution is 7.09. The van der Waals surface area contributed by atoms with Gasteiger partial charge in [-0.1, -0.05) is 6.07 Å². The van der Waals surface area contributed by atoms with Crippen LogP contribution in [0.5, 0.6) is 0 Å². The number of hydrogen-bond acceptors (Lipinski definition) is 5. The van der Waals surface area contributed by atoms with E-state index >= 15 is 0 Å². The molecule has 4 nitrogen and oxygen atoms in total. The van der Waals surface area contributed by atoms with Crippen molar-refractivity contribution < 1.29 is 4.74 Å². The van der Waals surface area contributed by atoms with E-state index in [1.807, 2.05) is 0 Å². The molecule has 0 amide bonds. The summed E-state index contributed by atoms with van der Waals surface area (Å²) in [4.78, 5) is 7.98. The monoisotopic (exact) mass is 251 g/mol. The fourth-order valence-corrected chi connectivity index (χ4v) is 3.32. The van der Waals surface area contributed by atoms with Gasteiger partial charge in [0.15, 0.2) is 5.96 Å². The summed E-state index contributed by atoms with van der Waals surface area (Å²) in [7, 11) is 0. The van der Waals surface area contributed by atoms with E-state index in [1.165, 1.54) is 4.88 Å². The van der Waals surface area contributed by atoms with E-state index in [4.69, 9.17) is 10.5 Å². The lowest BCUT2D eigenvalue weighted by Gasteiger charge is -2.41. The van der Waals surface area contributed by atoms with Crippen molar-refractivity contribution in [2.75, 3.05) is 19.8 Å². The first-order valence-corrected chi connectivity index (χ1v) is 6.86. The van der Waals surface area contributed by atoms with Crippen LogP contribution in [0.25, 0.3) is 0 Å². The maximum Gasteiger partial charge on any atom is 0.192 e. The quantitative estimate of drug-likeness (QED) is 0.865. The van der Waals surface area contributed by atoms with Crippen LogP contribution in [0, 0.1) is 0 Å². The summed E-state index contributed by atoms with van der Waals surface area (Å²) in [5.74, 6) is 0.670. The Morgan fingerprint density at radius 3 is 3.24 bits per heavy atom. The predicted molar refractivity (Wildman–Crippen MR) is 69.1 cm³/mol. The van der Waals surface area contributed by atoms with E-state index in [9.17, 15) is 0 Å². The van der Waals surface area contributed by atoms with E-state index in [1.54, 1.807) is 11.3 Å². The number of thiophene rings is 1. The molecule has 0 aromatic carbocycles. The van der Waals surface area contributed by atoms with Crippen molar-refractivity contribution in [1.82, 2.24) is 4.90 Å². The minimum absolute atomic E-state index is 0.0202. The summed E-state index contributed by atoms with van der Waals surface area (Å²) >= 11 is 1.77. The summed E-state index contributed by atoms with van der Waals surface area (Å²) in [5, 5.41) is 2.10. The smallest absolute Gasteiger partial charge is 0.192 e. The SMILES string of the molecule is NC1=NCC2(CCCOC2)N1Cc1cccs1. The molecule has 1 unspecified atom stereocenters. The molecule has 0 aliphatic carbocycles. The Hall–Kier alpha value is -1.07. The van der Waals surface area contributed by atoms with Crippen LogP contribution >= 0.6 is 11.3 Å². The molecule has 17 heavy (non-hydrogen) atoms. The third-order valence-electron chi connectivity index (χ3n) is 3.58. The molecule has 0 radical (unpaired) electrons. The summed E-state index contributed by atoms with van der Waals surface area (Å²) < 4.78 is 5.64. The molecule has 3 heterocycles. The third-order valence-corrected chi connectivity index (χ3v) is 4.44. The molecule has 3 rings (SSSR count). The van der Waals surface area contributed by atoms with Gasteiger partial charge in [-0.2, -0.15) is 0 Å². The molecule has 2 N–H and O–H groups in total. The van der Waals surface area contributed by atoms with E-state index in [-0.39, 0.29) is 5.54 Å². The van der Waals surface area contributed by atoms with Gasteiger partial charge in [0.2, 0.25) is 0 Å². The van der Waals surface area contributed by atoms with Gasteiger partial charge in [-0.3, -0.25) is 4.99 Å². The molecule has 1 aromatic heterocycles. The Morgan fingerprint density at radius 2 is 2.53 bits per heavy atom. The fourth-order valence-electron chi connectivity index (χ4n) is 2.62. The number of hydrogen-bond donors (Lipinski definition) is 1. The third kappa shape index (κ3) is 1.93. The van der Waals surface area contributed by atoms with Gasteiger partial charge in [0, 0.05) is 11.5 Å². The Morgan fingerprint density at radius 1 is 1.59 bits per heavy atom. The Balaban J connectivity index is 1.81. The average molecular weight is 251 g/mol. The number of guanidine groups is 1. The predicted octanol–water partition coefficient (Wildman–Crippen LogP) is 1.43. The molecule has 1 fully saturated rings. The molecule has 1 atom stereocenters. The lowest BCUT2D eigenvalue weighted by atomic mass is 9.91. The van der Waals surface area contributed by atoms with Crippen LogP contribution in [0.15, 0.2) is 22.5 Å². The maximum atomic E-state index is 6.03. The summed E-state index contributed by atoms with van der Waals surface area (Å²) in [6.45, 7) is 3.26. The van der Waals surface area contributed by atoms with Crippen molar-refractivity contribution in [3.63, 3.8) is 0 Å². The van der Waals surface area contributed by atoms with Gasteiger partial charge in [0.25, 0.3) is 0 Å². The van der Waals surface area contributed by atoms with Crippen LogP contribution in [-0.2, 0) is 11.3 Å². The van der Waals surface area contributed by atoms with Crippen molar-refractivity contribution >= 4 is 17.3 Å². The minimum atomic E-state index is 0.0202. The van der Waals surface area contributed by atoms with Crippen molar-refractivity contribution in [3.8, 4) is 0 Å². The molecule has 1 aromatic rings. The Bertz CT molecular complexity index is 409. The Labute approximate surface area is 105 Å². The first-order chi connectivity index (χ1) is 8.30. The molecule has 5 heteroatoms. The lowest BCUT2D eigenvalue weighted by molar-refractivity contribution is -0.0115. The average Bonchev–Trinajstić information content (AvgIpc) is 2.95. The van der Waals surface area contributed by atoms with Gasteiger partial charge in [-0.05, 0) is 24.3 Å². The zero-order valence-corrected chi connectivity index (χ0v) is 10.6. The molecule has 1 saturated heterocycles. The van der Waals surface area contributed by atoms with Gasteiger partial charge in [-0.25, -0.2) is 0 Å². The molecule has 1 spiro atoms. The molecule has 92 valence electrons. The minimum Gasteiger partial charge on any atom is -0.379 e. The number of nitrogens with zero attached hydrogens (tertiary/aromatic N) is 2. The van der Waals surface area contributed by atoms with E-state index in [2.05, 4.69) is 27.4 Å². The first kappa shape index (κ1) is 11.0. The summed E-state index contributed by atoms with van der Waals surface area (Å²) in [6, 6.07) is 4.22. The molecular formula is C12H17N3OS. The normalized spacial score (nSPS) is 28.7. The summed E-state index contributed by atoms with van der Waals surface area (Å²) in [6.07, 6.45) is 2.23. The Kier molecular flexibility index (Phi) is 2.80. The largest absolute Gasteiger partial charge is 0.379 e. The molecular weight excluding hydrogens is 234 g/mol. The number of ether oxygens (including phenoxy) is 1. The van der Waals surface area contributed by atoms with Crippen molar-refractivity contribution in [3.05, 3.63) is 22.4 Å². The standard InChI is InChI=1S/C12H17N3OS/c13-11-14-8-12(4-2-5-16-9-12)15(11)7-10-3-1-6-17-10/h1,3,6H,2,4-5,7-9H2,(H2,13,14). The van der Waals surface area contributed by atoms with Crippen LogP contribution in [-0.4, -0.2) is 36.2 Å². The maximum absolute atomic E-state index is 6.03. The molecule has 0 bridgehead atoms. The van der Waals surface area contributed by atoms with Crippen molar-refractivity contribution in [2.24, 2.45) is 10.7 Å². The van der Waals surface area contributed by atoms with Crippen LogP contribution in [0.4, 0.5) is 0 Å². The highest BCUT2D eigenvalue weighted by Gasteiger charge is 2.43. The fraction of sp³-hybridized carbons (Fsp3) is 0.583. The second kappa shape index (κ2) is 4.31. The van der Waals surface area contributed by atoms with Gasteiger partial charge >= 0.3 is 0 Å². The molecule has 2 aliphatic rings. The van der Waals surface area contributed by atoms with Crippen LogP contribution in [0.1, 0.15) is 17.7 Å². The molecule has 0 saturated carbocycles. The number of nitrogens with two attached hydrogens (primary N) is 1. The van der Waals surface area contributed by atoms with Crippen LogP contribution < -0.4 is 5.73 Å². The van der Waals surface area contributed by atoms with Crippen LogP contribution in [0.2, 0.25) is 0 Å². The van der Waals surface area contributed by atoms with E-state index in [0.29, 0.717) is 5.96 Å². The lowest BCUT2D eigenvalue weighted by Crippen LogP contribution is -2.55. The van der Waals surface area contributed by atoms with Gasteiger partial charge < -0.3 is 15.4 Å². The number of aliphatic imine (C=N–C) groups is 1. The van der Waals surface area contributed by atoms with Crippen LogP contribution in [0.3, 0.4) is 0 Å². The van der Waals surface area contributed by atoms with Crippen molar-refractivity contribution in [1.29, 1.82) is 0 Å². The number of rotatable bonds is 2. The summed E-state index contributed by atoms with van der Waals surface area (Å²) in [5.41, 5.74) is 6.05. The van der Waals surface area contributed by atoms with Gasteiger partial charge in [0.05, 0.1) is 25.2 Å². The van der Waals surface area contributed by atoms with Gasteiger partial charge in [0.1, 0.15) is 0 Å². The highest BCUT2D eigenvalue weighted by Crippen LogP contribution is 2.32. The zero-order valence-electron chi connectivity index (χ0n) is 9.76.